The molecule has 6 nitrogen and oxygen atoms in total. The molecule has 0 aliphatic heterocycles. The van der Waals surface area contributed by atoms with E-state index in [1.807, 2.05) is 18.2 Å². The van der Waals surface area contributed by atoms with Crippen molar-refractivity contribution in [2.45, 2.75) is 51.2 Å². The first-order chi connectivity index (χ1) is 15.1. The lowest BCUT2D eigenvalue weighted by Crippen LogP contribution is -2.31. The zero-order valence-corrected chi connectivity index (χ0v) is 17.8. The maximum atomic E-state index is 13.0. The first kappa shape index (κ1) is 21.0. The van der Waals surface area contributed by atoms with Gasteiger partial charge in [0.05, 0.1) is 18.1 Å². The lowest BCUT2D eigenvalue weighted by Gasteiger charge is -2.23. The molecule has 4 rings (SSSR count). The average Bonchev–Trinajstić information content (AvgIpc) is 2.80. The Balaban J connectivity index is 1.53. The normalized spacial score (nSPS) is 15.4. The molecule has 1 aliphatic carbocycles. The molecule has 0 N–H and O–H groups in total. The third-order valence-corrected chi connectivity index (χ3v) is 5.62. The molecule has 1 atom stereocenters. The molecule has 3 aromatic rings. The number of para-hydroxylation sites is 1. The van der Waals surface area contributed by atoms with E-state index in [1.165, 1.54) is 12.7 Å². The van der Waals surface area contributed by atoms with E-state index in [4.69, 9.17) is 18.6 Å². The van der Waals surface area contributed by atoms with Crippen LogP contribution in [0.3, 0.4) is 0 Å². The van der Waals surface area contributed by atoms with Crippen LogP contribution < -0.4 is 14.9 Å². The van der Waals surface area contributed by atoms with Crippen LogP contribution in [-0.4, -0.2) is 25.3 Å². The standard InChI is InChI=1S/C25H26O6/c1-16(25(27)31-17-8-4-3-5-9-17)30-18-12-13-20-23(14-18)29-15-21(24(20)26)19-10-6-7-11-22(19)28-2/h6-7,10-17H,3-5,8-9H2,1-2H3/t16-/m1/s1. The first-order valence-electron chi connectivity index (χ1n) is 10.6. The zero-order chi connectivity index (χ0) is 21.8. The number of benzene rings is 2. The number of carbonyl (C=O) groups is 1. The van der Waals surface area contributed by atoms with Crippen molar-refractivity contribution < 1.29 is 23.4 Å². The molecule has 31 heavy (non-hydrogen) atoms. The summed E-state index contributed by atoms with van der Waals surface area (Å²) >= 11 is 0. The Morgan fingerprint density at radius 3 is 2.61 bits per heavy atom. The third-order valence-electron chi connectivity index (χ3n) is 5.62. The van der Waals surface area contributed by atoms with Crippen LogP contribution >= 0.6 is 0 Å². The van der Waals surface area contributed by atoms with Gasteiger partial charge < -0.3 is 18.6 Å². The van der Waals surface area contributed by atoms with E-state index in [1.54, 1.807) is 38.3 Å². The topological polar surface area (TPSA) is 75.0 Å². The van der Waals surface area contributed by atoms with Crippen LogP contribution in [-0.2, 0) is 9.53 Å². The number of hydrogen-bond donors (Lipinski definition) is 0. The molecule has 0 spiro atoms. The predicted octanol–water partition coefficient (Wildman–Crippen LogP) is 5.11. The fourth-order valence-corrected chi connectivity index (χ4v) is 3.93. The number of carbonyl (C=O) groups excluding carboxylic acids is 1. The third kappa shape index (κ3) is 4.58. The Kier molecular flexibility index (Phi) is 6.26. The van der Waals surface area contributed by atoms with Crippen molar-refractivity contribution >= 4 is 16.9 Å². The van der Waals surface area contributed by atoms with Gasteiger partial charge in [0, 0.05) is 11.6 Å². The molecule has 0 amide bonds. The lowest BCUT2D eigenvalue weighted by atomic mass is 9.98. The summed E-state index contributed by atoms with van der Waals surface area (Å²) in [7, 11) is 1.56. The second-order valence-electron chi connectivity index (χ2n) is 7.79. The van der Waals surface area contributed by atoms with Crippen molar-refractivity contribution in [1.82, 2.24) is 0 Å². The Bertz CT molecular complexity index is 1130. The van der Waals surface area contributed by atoms with Crippen LogP contribution in [0.15, 0.2) is 57.9 Å². The molecule has 2 aromatic carbocycles. The number of fused-ring (bicyclic) bond motifs is 1. The van der Waals surface area contributed by atoms with Gasteiger partial charge >= 0.3 is 5.97 Å². The first-order valence-corrected chi connectivity index (χ1v) is 10.6. The van der Waals surface area contributed by atoms with Crippen molar-refractivity contribution in [2.24, 2.45) is 0 Å². The minimum Gasteiger partial charge on any atom is -0.496 e. The summed E-state index contributed by atoms with van der Waals surface area (Å²) in [4.78, 5) is 25.4. The molecule has 1 saturated carbocycles. The van der Waals surface area contributed by atoms with Crippen molar-refractivity contribution in [1.29, 1.82) is 0 Å². The minimum absolute atomic E-state index is 0.0182. The Morgan fingerprint density at radius 1 is 1.06 bits per heavy atom. The number of methoxy groups -OCH3 is 1. The number of ether oxygens (including phenoxy) is 3. The molecule has 1 aromatic heterocycles. The highest BCUT2D eigenvalue weighted by Crippen LogP contribution is 2.29. The highest BCUT2D eigenvalue weighted by Gasteiger charge is 2.23. The van der Waals surface area contributed by atoms with Gasteiger partial charge in [-0.1, -0.05) is 24.6 Å². The van der Waals surface area contributed by atoms with Crippen molar-refractivity contribution in [3.63, 3.8) is 0 Å². The molecule has 162 valence electrons. The van der Waals surface area contributed by atoms with Gasteiger partial charge in [0.25, 0.3) is 0 Å². The number of rotatable bonds is 6. The fourth-order valence-electron chi connectivity index (χ4n) is 3.93. The summed E-state index contributed by atoms with van der Waals surface area (Å²) in [5.41, 5.74) is 1.30. The summed E-state index contributed by atoms with van der Waals surface area (Å²) in [6, 6.07) is 12.2. The van der Waals surface area contributed by atoms with E-state index >= 15 is 0 Å². The molecule has 1 aliphatic rings. The molecule has 0 saturated heterocycles. The monoisotopic (exact) mass is 422 g/mol. The van der Waals surface area contributed by atoms with Crippen LogP contribution in [0.1, 0.15) is 39.0 Å². The highest BCUT2D eigenvalue weighted by molar-refractivity contribution is 5.84. The molecule has 6 heteroatoms. The molecule has 0 radical (unpaired) electrons. The molecule has 0 bridgehead atoms. The van der Waals surface area contributed by atoms with Crippen LogP contribution in [0.5, 0.6) is 11.5 Å². The SMILES string of the molecule is COc1ccccc1-c1coc2cc(O[C@H](C)C(=O)OC3CCCCC3)ccc2c1=O. The number of hydrogen-bond acceptors (Lipinski definition) is 6. The van der Waals surface area contributed by atoms with Gasteiger partial charge in [0.1, 0.15) is 29.4 Å². The van der Waals surface area contributed by atoms with Gasteiger partial charge in [-0.05, 0) is 50.8 Å². The van der Waals surface area contributed by atoms with Gasteiger partial charge in [-0.3, -0.25) is 4.79 Å². The van der Waals surface area contributed by atoms with E-state index in [0.717, 1.165) is 25.7 Å². The average molecular weight is 422 g/mol. The summed E-state index contributed by atoms with van der Waals surface area (Å²) in [5, 5.41) is 0.424. The molecule has 0 unspecified atom stereocenters. The van der Waals surface area contributed by atoms with E-state index in [-0.39, 0.29) is 17.5 Å². The molecule has 1 heterocycles. The van der Waals surface area contributed by atoms with Gasteiger partial charge in [-0.2, -0.15) is 0 Å². The number of esters is 1. The molecular weight excluding hydrogens is 396 g/mol. The maximum Gasteiger partial charge on any atom is 0.347 e. The van der Waals surface area contributed by atoms with Crippen molar-refractivity contribution in [2.75, 3.05) is 7.11 Å². The quantitative estimate of drug-likeness (QED) is 0.514. The summed E-state index contributed by atoms with van der Waals surface area (Å²) in [6.45, 7) is 1.66. The van der Waals surface area contributed by atoms with E-state index in [9.17, 15) is 9.59 Å². The second-order valence-corrected chi connectivity index (χ2v) is 7.79. The molecule has 1 fully saturated rings. The molecular formula is C25H26O6. The fraction of sp³-hybridized carbons (Fsp3) is 0.360. The van der Waals surface area contributed by atoms with E-state index in [0.29, 0.717) is 33.6 Å². The lowest BCUT2D eigenvalue weighted by molar-refractivity contribution is -0.158. The smallest absolute Gasteiger partial charge is 0.347 e. The van der Waals surface area contributed by atoms with E-state index < -0.39 is 6.10 Å². The van der Waals surface area contributed by atoms with Crippen molar-refractivity contribution in [3.8, 4) is 22.6 Å². The van der Waals surface area contributed by atoms with Gasteiger partial charge in [-0.25, -0.2) is 4.79 Å². The van der Waals surface area contributed by atoms with Crippen molar-refractivity contribution in [3.05, 3.63) is 59.0 Å². The predicted molar refractivity (Wildman–Crippen MR) is 118 cm³/mol. The maximum absolute atomic E-state index is 13.0. The summed E-state index contributed by atoms with van der Waals surface area (Å²) in [6.07, 6.45) is 5.85. The minimum atomic E-state index is -0.751. The van der Waals surface area contributed by atoms with Crippen LogP contribution in [0.25, 0.3) is 22.1 Å². The van der Waals surface area contributed by atoms with Gasteiger partial charge in [0.15, 0.2) is 6.10 Å². The van der Waals surface area contributed by atoms with Crippen LogP contribution in [0, 0.1) is 0 Å². The van der Waals surface area contributed by atoms with Crippen LogP contribution in [0.2, 0.25) is 0 Å². The second kappa shape index (κ2) is 9.25. The van der Waals surface area contributed by atoms with Gasteiger partial charge in [0.2, 0.25) is 5.43 Å². The highest BCUT2D eigenvalue weighted by atomic mass is 16.6. The van der Waals surface area contributed by atoms with Gasteiger partial charge in [-0.15, -0.1) is 0 Å². The zero-order valence-electron chi connectivity index (χ0n) is 17.8. The Hall–Kier alpha value is -3.28. The Morgan fingerprint density at radius 2 is 1.84 bits per heavy atom. The van der Waals surface area contributed by atoms with Crippen LogP contribution in [0.4, 0.5) is 0 Å². The van der Waals surface area contributed by atoms with E-state index in [2.05, 4.69) is 0 Å². The summed E-state index contributed by atoms with van der Waals surface area (Å²) in [5.74, 6) is 0.660. The largest absolute Gasteiger partial charge is 0.496 e. The Labute approximate surface area is 180 Å². The summed E-state index contributed by atoms with van der Waals surface area (Å²) < 4.78 is 22.4.